The number of carbonyl (C=O) groups is 1. The van der Waals surface area contributed by atoms with E-state index in [2.05, 4.69) is 9.97 Å². The van der Waals surface area contributed by atoms with E-state index in [1.54, 1.807) is 4.90 Å². The van der Waals surface area contributed by atoms with Crippen LogP contribution in [0.25, 0.3) is 11.4 Å². The maximum atomic E-state index is 14.4. The summed E-state index contributed by atoms with van der Waals surface area (Å²) < 4.78 is 48.6. The highest BCUT2D eigenvalue weighted by Crippen LogP contribution is 2.54. The van der Waals surface area contributed by atoms with Crippen LogP contribution in [0.3, 0.4) is 0 Å². The van der Waals surface area contributed by atoms with E-state index in [-0.39, 0.29) is 85.3 Å². The molecule has 0 saturated carbocycles. The molecule has 0 radical (unpaired) electrons. The number of halogens is 5. The normalized spacial score (nSPS) is 14.8. The first-order valence-corrected chi connectivity index (χ1v) is 10.8. The smallest absolute Gasteiger partial charge is 0.305 e. The highest BCUT2D eigenvalue weighted by molar-refractivity contribution is 8.23. The molecule has 8 nitrogen and oxygen atoms in total. The first-order chi connectivity index (χ1) is 13.6. The van der Waals surface area contributed by atoms with Crippen LogP contribution in [-0.2, 0) is 16.3 Å². The van der Waals surface area contributed by atoms with Crippen LogP contribution in [0.4, 0.5) is 14.6 Å². The Kier molecular flexibility index (Phi) is 9.70. The van der Waals surface area contributed by atoms with E-state index in [4.69, 9.17) is 22.4 Å². The minimum absolute atomic E-state index is 0. The zero-order valence-electron chi connectivity index (χ0n) is 15.9. The van der Waals surface area contributed by atoms with Crippen LogP contribution < -0.4 is 10.6 Å². The van der Waals surface area contributed by atoms with Gasteiger partial charge in [-0.25, -0.2) is 18.7 Å². The average molecular weight is 522 g/mol. The summed E-state index contributed by atoms with van der Waals surface area (Å²) in [6, 6.07) is 1.67. The van der Waals surface area contributed by atoms with Crippen molar-refractivity contribution < 1.29 is 27.8 Å². The molecule has 31 heavy (non-hydrogen) atoms. The summed E-state index contributed by atoms with van der Waals surface area (Å²) in [5.74, 6) is -2.94. The number of nitrogens with two attached hydrogens (primary N) is 1. The molecular weight excluding hydrogens is 501 g/mol. The molecular formula is C17H21Cl3F2N4O4S. The Balaban J connectivity index is 0.00000240. The molecule has 0 spiro atoms. The molecule has 0 unspecified atom stereocenters. The quantitative estimate of drug-likeness (QED) is 0.403. The van der Waals surface area contributed by atoms with Gasteiger partial charge in [-0.2, -0.15) is 10.6 Å². The molecule has 14 heteroatoms. The van der Waals surface area contributed by atoms with Gasteiger partial charge in [0.25, 0.3) is 0 Å². The topological polar surface area (TPSA) is 133 Å². The van der Waals surface area contributed by atoms with Gasteiger partial charge in [0.05, 0.1) is 34.2 Å². The lowest BCUT2D eigenvalue weighted by molar-refractivity contribution is -0.136. The van der Waals surface area contributed by atoms with Crippen molar-refractivity contribution in [1.29, 1.82) is 0 Å². The molecule has 0 atom stereocenters. The first-order valence-electron chi connectivity index (χ1n) is 8.56. The lowest BCUT2D eigenvalue weighted by atomic mass is 10.1. The Morgan fingerprint density at radius 1 is 1.16 bits per heavy atom. The van der Waals surface area contributed by atoms with E-state index in [9.17, 15) is 22.7 Å². The molecule has 1 aromatic carbocycles. The van der Waals surface area contributed by atoms with Gasteiger partial charge < -0.3 is 15.7 Å². The van der Waals surface area contributed by atoms with Crippen molar-refractivity contribution in [3.05, 3.63) is 40.0 Å². The maximum absolute atomic E-state index is 14.4. The fraction of sp³-hybridized carbons (Fsp3) is 0.353. The van der Waals surface area contributed by atoms with Crippen molar-refractivity contribution in [2.75, 3.05) is 24.5 Å². The third kappa shape index (κ3) is 6.28. The Bertz CT molecular complexity index is 971. The van der Waals surface area contributed by atoms with Crippen molar-refractivity contribution in [3.63, 3.8) is 0 Å². The standard InChI is InChI=1S/C17H19ClF2N4O4S.2ClH/c18-11-6-12(19)9(5-13(11)20)16-22-14-8-29(27,28)7-10(14)17(23-16)24(4-2-21)3-1-15(25)26;;/h5-6,27-28H,1-4,7-8,21H2,(H,25,26);2*1H. The van der Waals surface area contributed by atoms with Crippen LogP contribution in [0.15, 0.2) is 12.1 Å². The van der Waals surface area contributed by atoms with Crippen molar-refractivity contribution in [3.8, 4) is 11.4 Å². The summed E-state index contributed by atoms with van der Waals surface area (Å²) in [6.45, 7) is 0.451. The largest absolute Gasteiger partial charge is 0.481 e. The third-order valence-corrected chi connectivity index (χ3v) is 6.14. The fourth-order valence-electron chi connectivity index (χ4n) is 3.07. The minimum Gasteiger partial charge on any atom is -0.481 e. The summed E-state index contributed by atoms with van der Waals surface area (Å²) >= 11 is 5.60. The molecule has 5 N–H and O–H groups in total. The second kappa shape index (κ2) is 10.9. The van der Waals surface area contributed by atoms with E-state index < -0.39 is 33.2 Å². The Hall–Kier alpha value is -1.47. The highest BCUT2D eigenvalue weighted by atomic mass is 35.5. The van der Waals surface area contributed by atoms with E-state index >= 15 is 0 Å². The molecule has 0 saturated heterocycles. The number of hydrogen-bond donors (Lipinski definition) is 4. The summed E-state index contributed by atoms with van der Waals surface area (Å²) in [5.41, 5.74) is 6.11. The first kappa shape index (κ1) is 27.6. The van der Waals surface area contributed by atoms with E-state index in [1.165, 1.54) is 0 Å². The van der Waals surface area contributed by atoms with Crippen LogP contribution in [0.5, 0.6) is 0 Å². The van der Waals surface area contributed by atoms with Crippen LogP contribution in [0, 0.1) is 11.6 Å². The molecule has 0 fully saturated rings. The number of benzene rings is 1. The fourth-order valence-corrected chi connectivity index (χ4v) is 4.76. The van der Waals surface area contributed by atoms with Crippen molar-refractivity contribution in [2.45, 2.75) is 17.9 Å². The number of aliphatic carboxylic acids is 1. The van der Waals surface area contributed by atoms with Crippen LogP contribution in [0.2, 0.25) is 5.02 Å². The predicted octanol–water partition coefficient (Wildman–Crippen LogP) is 3.92. The van der Waals surface area contributed by atoms with Gasteiger partial charge in [0.15, 0.2) is 5.82 Å². The number of anilines is 1. The highest BCUT2D eigenvalue weighted by Gasteiger charge is 2.33. The Morgan fingerprint density at radius 3 is 2.45 bits per heavy atom. The second-order valence-corrected chi connectivity index (χ2v) is 9.14. The van der Waals surface area contributed by atoms with E-state index in [0.29, 0.717) is 5.56 Å². The van der Waals surface area contributed by atoms with E-state index in [1.807, 2.05) is 0 Å². The third-order valence-electron chi connectivity index (χ3n) is 4.36. The number of fused-ring (bicyclic) bond motifs is 1. The Labute approximate surface area is 196 Å². The van der Waals surface area contributed by atoms with Crippen LogP contribution >= 0.6 is 47.0 Å². The lowest BCUT2D eigenvalue weighted by Gasteiger charge is -2.27. The molecule has 1 aliphatic heterocycles. The SMILES string of the molecule is Cl.Cl.NCCN(CCC(=O)O)c1nc(-c2cc(F)c(Cl)cc2F)nc2c1CS(O)(O)C2. The summed E-state index contributed by atoms with van der Waals surface area (Å²) in [6.07, 6.45) is -0.214. The summed E-state index contributed by atoms with van der Waals surface area (Å²) in [7, 11) is -3.00. The monoisotopic (exact) mass is 520 g/mol. The summed E-state index contributed by atoms with van der Waals surface area (Å²) in [5, 5.41) is 8.61. The molecule has 2 heterocycles. The van der Waals surface area contributed by atoms with Crippen molar-refractivity contribution in [2.24, 2.45) is 5.73 Å². The number of aromatic nitrogens is 2. The van der Waals surface area contributed by atoms with Gasteiger partial charge in [-0.3, -0.25) is 13.9 Å². The van der Waals surface area contributed by atoms with Crippen molar-refractivity contribution in [1.82, 2.24) is 9.97 Å². The Morgan fingerprint density at radius 2 is 1.84 bits per heavy atom. The molecule has 0 amide bonds. The van der Waals surface area contributed by atoms with Crippen LogP contribution in [-0.4, -0.2) is 49.8 Å². The average Bonchev–Trinajstić information content (AvgIpc) is 2.94. The molecule has 0 bridgehead atoms. The second-order valence-electron chi connectivity index (χ2n) is 6.55. The lowest BCUT2D eigenvalue weighted by Crippen LogP contribution is -2.33. The number of hydrogen-bond acceptors (Lipinski definition) is 7. The molecule has 174 valence electrons. The van der Waals surface area contributed by atoms with Gasteiger partial charge in [0.1, 0.15) is 17.5 Å². The van der Waals surface area contributed by atoms with Gasteiger partial charge in [0, 0.05) is 25.2 Å². The molecule has 1 aromatic heterocycles. The van der Waals surface area contributed by atoms with Gasteiger partial charge in [0.2, 0.25) is 0 Å². The number of rotatable bonds is 7. The number of carboxylic acid groups (broad SMARTS) is 1. The zero-order valence-corrected chi connectivity index (χ0v) is 19.1. The van der Waals surface area contributed by atoms with Crippen molar-refractivity contribution >= 4 is 58.8 Å². The van der Waals surface area contributed by atoms with Crippen LogP contribution in [0.1, 0.15) is 17.7 Å². The zero-order chi connectivity index (χ0) is 21.3. The maximum Gasteiger partial charge on any atom is 0.305 e. The molecule has 2 aromatic rings. The minimum atomic E-state index is -3.00. The molecule has 1 aliphatic rings. The van der Waals surface area contributed by atoms with Gasteiger partial charge in [-0.1, -0.05) is 11.6 Å². The molecule has 0 aliphatic carbocycles. The number of carboxylic acids is 1. The van der Waals surface area contributed by atoms with E-state index in [0.717, 1.165) is 12.1 Å². The summed E-state index contributed by atoms with van der Waals surface area (Å²) in [4.78, 5) is 21.1. The van der Waals surface area contributed by atoms with Gasteiger partial charge in [-0.05, 0) is 12.1 Å². The van der Waals surface area contributed by atoms with Gasteiger partial charge >= 0.3 is 5.97 Å². The number of nitrogens with zero attached hydrogens (tertiary/aromatic N) is 3. The van der Waals surface area contributed by atoms with Gasteiger partial charge in [-0.15, -0.1) is 24.8 Å². The predicted molar refractivity (Wildman–Crippen MR) is 121 cm³/mol. The molecule has 3 rings (SSSR count).